The third-order valence-corrected chi connectivity index (χ3v) is 4.41. The molecule has 1 saturated heterocycles. The van der Waals surface area contributed by atoms with E-state index in [1.54, 1.807) is 17.9 Å². The van der Waals surface area contributed by atoms with Crippen LogP contribution in [0.25, 0.3) is 6.08 Å². The highest BCUT2D eigenvalue weighted by atomic mass is 16.5. The summed E-state index contributed by atoms with van der Waals surface area (Å²) < 4.78 is 4.89. The fourth-order valence-electron chi connectivity index (χ4n) is 2.94. The molecule has 0 bridgehead atoms. The van der Waals surface area contributed by atoms with Crippen LogP contribution in [0.5, 0.6) is 0 Å². The minimum absolute atomic E-state index is 0.160. The zero-order chi connectivity index (χ0) is 19.1. The van der Waals surface area contributed by atoms with Crippen molar-refractivity contribution >= 4 is 23.7 Å². The van der Waals surface area contributed by atoms with Crippen LogP contribution in [0.2, 0.25) is 0 Å². The van der Waals surface area contributed by atoms with Crippen molar-refractivity contribution in [1.82, 2.24) is 15.0 Å². The summed E-state index contributed by atoms with van der Waals surface area (Å²) in [5.74, 6) is 0.406. The van der Waals surface area contributed by atoms with Crippen molar-refractivity contribution in [1.29, 1.82) is 0 Å². The van der Waals surface area contributed by atoms with Crippen molar-refractivity contribution in [2.24, 2.45) is 0 Å². The Hall–Kier alpha value is -2.93. The Balaban J connectivity index is 1.38. The zero-order valence-corrected chi connectivity index (χ0v) is 15.4. The number of amides is 2. The maximum absolute atomic E-state index is 12.3. The third kappa shape index (κ3) is 5.79. The van der Waals surface area contributed by atoms with E-state index in [-0.39, 0.29) is 18.2 Å². The molecule has 0 unspecified atom stereocenters. The molecule has 1 aliphatic rings. The summed E-state index contributed by atoms with van der Waals surface area (Å²) in [5.41, 5.74) is 1.18. The molecule has 1 N–H and O–H groups in total. The number of anilines is 1. The lowest BCUT2D eigenvalue weighted by Crippen LogP contribution is -2.49. The van der Waals surface area contributed by atoms with Gasteiger partial charge in [-0.3, -0.25) is 14.5 Å². The van der Waals surface area contributed by atoms with Crippen LogP contribution >= 0.6 is 0 Å². The van der Waals surface area contributed by atoms with E-state index >= 15 is 0 Å². The van der Waals surface area contributed by atoms with Gasteiger partial charge in [-0.2, -0.15) is 0 Å². The molecule has 1 aliphatic heterocycles. The van der Waals surface area contributed by atoms with Gasteiger partial charge in [0.05, 0.1) is 0 Å². The molecule has 2 aromatic rings. The number of aromatic nitrogens is 1. The molecular formula is C20H24N4O3. The highest BCUT2D eigenvalue weighted by Crippen LogP contribution is 2.09. The molecule has 3 rings (SSSR count). The molecule has 0 spiro atoms. The van der Waals surface area contributed by atoms with Gasteiger partial charge in [0.15, 0.2) is 5.82 Å². The van der Waals surface area contributed by atoms with Gasteiger partial charge in [0.2, 0.25) is 11.8 Å². The first-order chi connectivity index (χ1) is 13.1. The highest BCUT2D eigenvalue weighted by Gasteiger charge is 2.22. The van der Waals surface area contributed by atoms with Crippen LogP contribution in [0.15, 0.2) is 47.0 Å². The topological polar surface area (TPSA) is 78.7 Å². The summed E-state index contributed by atoms with van der Waals surface area (Å²) in [6.45, 7) is 5.46. The number of rotatable bonds is 6. The molecule has 142 valence electrons. The number of hydrogen-bond acceptors (Lipinski definition) is 5. The van der Waals surface area contributed by atoms with E-state index in [4.69, 9.17) is 4.52 Å². The predicted molar refractivity (Wildman–Crippen MR) is 103 cm³/mol. The standard InChI is InChI=1S/C20H24N4O3/c1-16-14-18(22-27-16)21-19(25)15-20(26)24-12-10-23(11-13-24)9-5-8-17-6-3-2-4-7-17/h2-8,14H,9-13,15H2,1H3,(H,21,22,25)/b8-5+. The minimum Gasteiger partial charge on any atom is -0.360 e. The molecule has 1 aromatic heterocycles. The molecule has 27 heavy (non-hydrogen) atoms. The maximum atomic E-state index is 12.3. The van der Waals surface area contributed by atoms with Gasteiger partial charge >= 0.3 is 0 Å². The van der Waals surface area contributed by atoms with Gasteiger partial charge in [0, 0.05) is 38.8 Å². The van der Waals surface area contributed by atoms with Crippen LogP contribution < -0.4 is 5.32 Å². The molecule has 2 heterocycles. The summed E-state index contributed by atoms with van der Waals surface area (Å²) in [4.78, 5) is 28.3. The van der Waals surface area contributed by atoms with Crippen LogP contribution in [0, 0.1) is 6.92 Å². The van der Waals surface area contributed by atoms with Crippen LogP contribution in [-0.4, -0.2) is 59.5 Å². The van der Waals surface area contributed by atoms with Crippen LogP contribution in [0.3, 0.4) is 0 Å². The monoisotopic (exact) mass is 368 g/mol. The second kappa shape index (κ2) is 9.14. The molecule has 0 radical (unpaired) electrons. The number of nitrogens with zero attached hydrogens (tertiary/aromatic N) is 3. The first-order valence-electron chi connectivity index (χ1n) is 9.05. The minimum atomic E-state index is -0.374. The molecule has 7 nitrogen and oxygen atoms in total. The van der Waals surface area contributed by atoms with Gasteiger partial charge < -0.3 is 14.7 Å². The average Bonchev–Trinajstić information content (AvgIpc) is 3.07. The van der Waals surface area contributed by atoms with Gasteiger partial charge in [0.1, 0.15) is 12.2 Å². The molecule has 0 atom stereocenters. The van der Waals surface area contributed by atoms with E-state index in [1.807, 2.05) is 18.2 Å². The Morgan fingerprint density at radius 1 is 1.19 bits per heavy atom. The predicted octanol–water partition coefficient (Wildman–Crippen LogP) is 2.17. The molecule has 0 aliphatic carbocycles. The van der Waals surface area contributed by atoms with Crippen LogP contribution in [-0.2, 0) is 9.59 Å². The van der Waals surface area contributed by atoms with Gasteiger partial charge in [-0.1, -0.05) is 47.6 Å². The van der Waals surface area contributed by atoms with E-state index < -0.39 is 0 Å². The van der Waals surface area contributed by atoms with Crippen molar-refractivity contribution in [3.63, 3.8) is 0 Å². The second-order valence-electron chi connectivity index (χ2n) is 6.54. The zero-order valence-electron chi connectivity index (χ0n) is 15.4. The summed E-state index contributed by atoms with van der Waals surface area (Å²) in [6.07, 6.45) is 4.06. The quantitative estimate of drug-likeness (QED) is 0.791. The van der Waals surface area contributed by atoms with E-state index in [0.29, 0.717) is 24.7 Å². The molecule has 1 fully saturated rings. The van der Waals surface area contributed by atoms with Crippen molar-refractivity contribution < 1.29 is 14.1 Å². The van der Waals surface area contributed by atoms with Crippen molar-refractivity contribution in [2.45, 2.75) is 13.3 Å². The Morgan fingerprint density at radius 2 is 1.93 bits per heavy atom. The molecule has 1 aromatic carbocycles. The fourth-order valence-corrected chi connectivity index (χ4v) is 2.94. The number of aryl methyl sites for hydroxylation is 1. The summed E-state index contributed by atoms with van der Waals surface area (Å²) in [5, 5.41) is 6.27. The third-order valence-electron chi connectivity index (χ3n) is 4.41. The first-order valence-corrected chi connectivity index (χ1v) is 9.05. The molecule has 2 amide bonds. The Labute approximate surface area is 158 Å². The largest absolute Gasteiger partial charge is 0.360 e. The summed E-state index contributed by atoms with van der Waals surface area (Å²) in [6, 6.07) is 11.8. The van der Waals surface area contributed by atoms with Crippen molar-refractivity contribution in [3.8, 4) is 0 Å². The van der Waals surface area contributed by atoms with Gasteiger partial charge in [-0.15, -0.1) is 0 Å². The smallest absolute Gasteiger partial charge is 0.235 e. The van der Waals surface area contributed by atoms with E-state index in [2.05, 4.69) is 39.7 Å². The lowest BCUT2D eigenvalue weighted by atomic mass is 10.2. The number of carbonyl (C=O) groups excluding carboxylic acids is 2. The highest BCUT2D eigenvalue weighted by molar-refractivity contribution is 6.03. The average molecular weight is 368 g/mol. The van der Waals surface area contributed by atoms with E-state index in [9.17, 15) is 9.59 Å². The lowest BCUT2D eigenvalue weighted by molar-refractivity contribution is -0.136. The van der Waals surface area contributed by atoms with Gasteiger partial charge in [-0.05, 0) is 12.5 Å². The normalized spacial score (nSPS) is 15.2. The van der Waals surface area contributed by atoms with E-state index in [1.165, 1.54) is 5.56 Å². The van der Waals surface area contributed by atoms with Crippen molar-refractivity contribution in [2.75, 3.05) is 38.0 Å². The Bertz CT molecular complexity index is 793. The molecule has 7 heteroatoms. The van der Waals surface area contributed by atoms with Gasteiger partial charge in [0.25, 0.3) is 0 Å². The van der Waals surface area contributed by atoms with Crippen LogP contribution in [0.1, 0.15) is 17.7 Å². The fraction of sp³-hybridized carbons (Fsp3) is 0.350. The Kier molecular flexibility index (Phi) is 6.38. The summed E-state index contributed by atoms with van der Waals surface area (Å²) in [7, 11) is 0. The number of hydrogen-bond donors (Lipinski definition) is 1. The number of nitrogens with one attached hydrogen (secondary N) is 1. The molecular weight excluding hydrogens is 344 g/mol. The van der Waals surface area contributed by atoms with Crippen molar-refractivity contribution in [3.05, 3.63) is 53.8 Å². The molecule has 0 saturated carbocycles. The maximum Gasteiger partial charge on any atom is 0.235 e. The van der Waals surface area contributed by atoms with Gasteiger partial charge in [-0.25, -0.2) is 0 Å². The number of piperazine rings is 1. The lowest BCUT2D eigenvalue weighted by Gasteiger charge is -2.34. The SMILES string of the molecule is Cc1cc(NC(=O)CC(=O)N2CCN(C/C=C/c3ccccc3)CC2)no1. The second-order valence-corrected chi connectivity index (χ2v) is 6.54. The first kappa shape index (κ1) is 18.8. The van der Waals surface area contributed by atoms with Crippen LogP contribution in [0.4, 0.5) is 5.82 Å². The number of benzene rings is 1. The van der Waals surface area contributed by atoms with E-state index in [0.717, 1.165) is 19.6 Å². The summed E-state index contributed by atoms with van der Waals surface area (Å²) >= 11 is 0. The number of carbonyl (C=O) groups is 2. The Morgan fingerprint density at radius 3 is 2.59 bits per heavy atom.